The molecule has 0 amide bonds. The number of aliphatic hydroxyl groups is 1. The predicted molar refractivity (Wildman–Crippen MR) is 77.9 cm³/mol. The summed E-state index contributed by atoms with van der Waals surface area (Å²) in [6.45, 7) is 6.61. The smallest absolute Gasteiger partial charge is 0.309 e. The van der Waals surface area contributed by atoms with Gasteiger partial charge in [0.25, 0.3) is 0 Å². The van der Waals surface area contributed by atoms with Crippen LogP contribution in [0.2, 0.25) is 0 Å². The van der Waals surface area contributed by atoms with Gasteiger partial charge in [0.1, 0.15) is 6.61 Å². The van der Waals surface area contributed by atoms with Crippen molar-refractivity contribution < 1.29 is 14.6 Å². The van der Waals surface area contributed by atoms with Crippen molar-refractivity contribution >= 4 is 5.97 Å². The number of carbonyl (C=O) groups excluding carboxylic acids is 1. The lowest BCUT2D eigenvalue weighted by atomic mass is 9.66. The van der Waals surface area contributed by atoms with Crippen LogP contribution in [0.15, 0.2) is 30.3 Å². The van der Waals surface area contributed by atoms with E-state index in [2.05, 4.69) is 20.8 Å². The molecule has 2 atom stereocenters. The Morgan fingerprint density at radius 2 is 1.95 bits per heavy atom. The summed E-state index contributed by atoms with van der Waals surface area (Å²) >= 11 is 0. The lowest BCUT2D eigenvalue weighted by Gasteiger charge is -2.39. The quantitative estimate of drug-likeness (QED) is 0.859. The van der Waals surface area contributed by atoms with Crippen LogP contribution in [0.4, 0.5) is 0 Å². The largest absolute Gasteiger partial charge is 0.461 e. The number of hydrogen-bond acceptors (Lipinski definition) is 3. The van der Waals surface area contributed by atoms with Crippen molar-refractivity contribution in [3.8, 4) is 0 Å². The van der Waals surface area contributed by atoms with E-state index in [0.29, 0.717) is 6.61 Å². The van der Waals surface area contributed by atoms with Crippen molar-refractivity contribution in [2.75, 3.05) is 6.61 Å². The normalized spacial score (nSPS) is 28.3. The highest BCUT2D eigenvalue weighted by molar-refractivity contribution is 5.74. The van der Waals surface area contributed by atoms with E-state index in [0.717, 1.165) is 18.4 Å². The van der Waals surface area contributed by atoms with Gasteiger partial charge in [-0.1, -0.05) is 51.1 Å². The zero-order valence-electron chi connectivity index (χ0n) is 12.6. The van der Waals surface area contributed by atoms with Crippen molar-refractivity contribution in [3.05, 3.63) is 35.9 Å². The molecule has 1 aromatic carbocycles. The van der Waals surface area contributed by atoms with Crippen LogP contribution in [0.3, 0.4) is 0 Å². The topological polar surface area (TPSA) is 46.5 Å². The Labute approximate surface area is 121 Å². The van der Waals surface area contributed by atoms with Gasteiger partial charge in [-0.05, 0) is 29.2 Å². The molecule has 1 aliphatic carbocycles. The van der Waals surface area contributed by atoms with E-state index in [1.54, 1.807) is 0 Å². The van der Waals surface area contributed by atoms with Gasteiger partial charge in [0, 0.05) is 6.61 Å². The molecule has 0 heterocycles. The number of aliphatic hydroxyl groups excluding tert-OH is 1. The van der Waals surface area contributed by atoms with Gasteiger partial charge in [0.2, 0.25) is 0 Å². The molecule has 1 aliphatic rings. The standard InChI is InChI=1S/C17H24O3/c1-16(2)14(9-10-17(16,3)12-18)15(19)20-11-13-7-5-4-6-8-13/h4-8,14,18H,9-12H2,1-3H3. The Bertz CT molecular complexity index is 466. The molecule has 110 valence electrons. The van der Waals surface area contributed by atoms with E-state index in [1.165, 1.54) is 0 Å². The molecule has 3 nitrogen and oxygen atoms in total. The van der Waals surface area contributed by atoms with Crippen molar-refractivity contribution in [2.45, 2.75) is 40.2 Å². The van der Waals surface area contributed by atoms with Gasteiger partial charge in [0.05, 0.1) is 5.92 Å². The maximum Gasteiger partial charge on any atom is 0.309 e. The number of ether oxygens (including phenoxy) is 1. The fourth-order valence-corrected chi connectivity index (χ4v) is 3.09. The molecule has 0 aromatic heterocycles. The number of benzene rings is 1. The molecule has 0 saturated heterocycles. The molecule has 1 N–H and O–H groups in total. The molecular formula is C17H24O3. The van der Waals surface area contributed by atoms with E-state index in [4.69, 9.17) is 4.74 Å². The van der Waals surface area contributed by atoms with Gasteiger partial charge >= 0.3 is 5.97 Å². The number of hydrogen-bond donors (Lipinski definition) is 1. The Morgan fingerprint density at radius 3 is 2.50 bits per heavy atom. The first-order valence-corrected chi connectivity index (χ1v) is 7.22. The summed E-state index contributed by atoms with van der Waals surface area (Å²) in [4.78, 5) is 12.3. The third-order valence-electron chi connectivity index (χ3n) is 5.27. The Morgan fingerprint density at radius 1 is 1.30 bits per heavy atom. The van der Waals surface area contributed by atoms with E-state index < -0.39 is 0 Å². The third-order valence-corrected chi connectivity index (χ3v) is 5.27. The second kappa shape index (κ2) is 5.57. The van der Waals surface area contributed by atoms with Crippen LogP contribution < -0.4 is 0 Å². The Kier molecular flexibility index (Phi) is 4.19. The van der Waals surface area contributed by atoms with Crippen molar-refractivity contribution in [1.29, 1.82) is 0 Å². The average Bonchev–Trinajstić information content (AvgIpc) is 2.69. The van der Waals surface area contributed by atoms with E-state index >= 15 is 0 Å². The minimum Gasteiger partial charge on any atom is -0.461 e. The summed E-state index contributed by atoms with van der Waals surface area (Å²) < 4.78 is 5.46. The molecule has 1 fully saturated rings. The molecule has 1 aromatic rings. The maximum absolute atomic E-state index is 12.3. The zero-order valence-corrected chi connectivity index (χ0v) is 12.6. The van der Waals surface area contributed by atoms with Gasteiger partial charge in [-0.3, -0.25) is 4.79 Å². The summed E-state index contributed by atoms with van der Waals surface area (Å²) in [5, 5.41) is 9.62. The summed E-state index contributed by atoms with van der Waals surface area (Å²) in [7, 11) is 0. The van der Waals surface area contributed by atoms with E-state index in [9.17, 15) is 9.90 Å². The highest BCUT2D eigenvalue weighted by Crippen LogP contribution is 2.55. The molecular weight excluding hydrogens is 252 g/mol. The Balaban J connectivity index is 2.00. The van der Waals surface area contributed by atoms with Crippen molar-refractivity contribution in [3.63, 3.8) is 0 Å². The predicted octanol–water partition coefficient (Wildman–Crippen LogP) is 3.16. The third kappa shape index (κ3) is 2.59. The molecule has 3 heteroatoms. The lowest BCUT2D eigenvalue weighted by molar-refractivity contribution is -0.155. The first kappa shape index (κ1) is 15.0. The number of esters is 1. The van der Waals surface area contributed by atoms with Crippen molar-refractivity contribution in [2.24, 2.45) is 16.7 Å². The minimum absolute atomic E-state index is 0.114. The second-order valence-electron chi connectivity index (χ2n) is 6.63. The molecule has 2 rings (SSSR count). The van der Waals surface area contributed by atoms with Gasteiger partial charge in [-0.15, -0.1) is 0 Å². The van der Waals surface area contributed by atoms with Crippen LogP contribution >= 0.6 is 0 Å². The van der Waals surface area contributed by atoms with E-state index in [1.807, 2.05) is 30.3 Å². The first-order chi connectivity index (χ1) is 9.40. The summed E-state index contributed by atoms with van der Waals surface area (Å²) in [6.07, 6.45) is 1.65. The number of rotatable bonds is 4. The van der Waals surface area contributed by atoms with Crippen LogP contribution in [0.25, 0.3) is 0 Å². The summed E-state index contributed by atoms with van der Waals surface area (Å²) in [6, 6.07) is 9.71. The van der Waals surface area contributed by atoms with Gasteiger partial charge < -0.3 is 9.84 Å². The van der Waals surface area contributed by atoms with Gasteiger partial charge in [-0.25, -0.2) is 0 Å². The molecule has 20 heavy (non-hydrogen) atoms. The first-order valence-electron chi connectivity index (χ1n) is 7.22. The Hall–Kier alpha value is -1.35. The van der Waals surface area contributed by atoms with E-state index in [-0.39, 0.29) is 29.3 Å². The molecule has 1 saturated carbocycles. The fraction of sp³-hybridized carbons (Fsp3) is 0.588. The maximum atomic E-state index is 12.3. The zero-order chi connectivity index (χ0) is 14.8. The SMILES string of the molecule is CC1(CO)CCC(C(=O)OCc2ccccc2)C1(C)C. The van der Waals surface area contributed by atoms with Crippen LogP contribution in [0.1, 0.15) is 39.2 Å². The number of carbonyl (C=O) groups is 1. The fourth-order valence-electron chi connectivity index (χ4n) is 3.09. The molecule has 2 unspecified atom stereocenters. The minimum atomic E-state index is -0.241. The van der Waals surface area contributed by atoms with Crippen LogP contribution in [0, 0.1) is 16.7 Å². The van der Waals surface area contributed by atoms with Crippen LogP contribution in [-0.4, -0.2) is 17.7 Å². The molecule has 0 aliphatic heterocycles. The van der Waals surface area contributed by atoms with Crippen LogP contribution in [-0.2, 0) is 16.1 Å². The summed E-state index contributed by atoms with van der Waals surface area (Å²) in [5.41, 5.74) is 0.556. The highest BCUT2D eigenvalue weighted by atomic mass is 16.5. The molecule has 0 bridgehead atoms. The molecule has 0 radical (unpaired) electrons. The van der Waals surface area contributed by atoms with Gasteiger partial charge in [0.15, 0.2) is 0 Å². The second-order valence-corrected chi connectivity index (χ2v) is 6.63. The summed E-state index contributed by atoms with van der Waals surface area (Å²) in [5.74, 6) is -0.278. The van der Waals surface area contributed by atoms with Crippen LogP contribution in [0.5, 0.6) is 0 Å². The highest BCUT2D eigenvalue weighted by Gasteiger charge is 2.54. The van der Waals surface area contributed by atoms with Crippen molar-refractivity contribution in [1.82, 2.24) is 0 Å². The molecule has 0 spiro atoms. The van der Waals surface area contributed by atoms with Gasteiger partial charge in [-0.2, -0.15) is 0 Å². The monoisotopic (exact) mass is 276 g/mol. The lowest BCUT2D eigenvalue weighted by Crippen LogP contribution is -2.40. The average molecular weight is 276 g/mol.